The van der Waals surface area contributed by atoms with Crippen LogP contribution in [-0.2, 0) is 0 Å². The Bertz CT molecular complexity index is 1990. The highest BCUT2D eigenvalue weighted by Crippen LogP contribution is 2.56. The maximum absolute atomic E-state index is 9.20. The molecule has 0 saturated heterocycles. The predicted molar refractivity (Wildman–Crippen MR) is 156 cm³/mol. The fourth-order valence-electron chi connectivity index (χ4n) is 5.58. The number of nitrogens with one attached hydrogen (secondary N) is 1. The molecule has 0 radical (unpaired) electrons. The standard InChI is InChI=1S/C32H20NPS/c1-2-11-21(12-3-1)34-26-19-18-20-10-4-5-13-22(20)28(26)29-23-14-6-7-15-24(23)32-30(31(29)33-34)25-16-8-9-17-27(25)35-32/h1-19,33H/i19D. The molecule has 0 saturated carbocycles. The lowest BCUT2D eigenvalue weighted by Crippen LogP contribution is -2.23. The van der Waals surface area contributed by atoms with Crippen LogP contribution in [0, 0.1) is 0 Å². The second-order valence-corrected chi connectivity index (χ2v) is 11.9. The van der Waals surface area contributed by atoms with Gasteiger partial charge in [-0.05, 0) is 22.2 Å². The zero-order valence-corrected chi connectivity index (χ0v) is 20.5. The van der Waals surface area contributed by atoms with E-state index in [-0.39, 0.29) is 0 Å². The molecule has 1 unspecified atom stereocenters. The molecule has 1 aliphatic heterocycles. The molecule has 7 aromatic rings. The third kappa shape index (κ3) is 2.73. The third-order valence-corrected chi connectivity index (χ3v) is 10.3. The number of fused-ring (bicyclic) bond motifs is 12. The summed E-state index contributed by atoms with van der Waals surface area (Å²) in [6.07, 6.45) is 0. The maximum Gasteiger partial charge on any atom is 0.0631 e. The molecule has 2 heterocycles. The van der Waals surface area contributed by atoms with Crippen LogP contribution >= 0.6 is 19.4 Å². The van der Waals surface area contributed by atoms with Gasteiger partial charge in [-0.3, -0.25) is 0 Å². The van der Waals surface area contributed by atoms with E-state index >= 15 is 0 Å². The summed E-state index contributed by atoms with van der Waals surface area (Å²) in [5.74, 6) is 0. The van der Waals surface area contributed by atoms with Crippen molar-refractivity contribution in [3.63, 3.8) is 0 Å². The van der Waals surface area contributed by atoms with Gasteiger partial charge in [-0.15, -0.1) is 11.3 Å². The fourth-order valence-corrected chi connectivity index (χ4v) is 8.89. The van der Waals surface area contributed by atoms with E-state index in [9.17, 15) is 1.37 Å². The number of benzene rings is 6. The Hall–Kier alpha value is -3.71. The molecule has 1 aromatic heterocycles. The molecule has 1 nitrogen and oxygen atoms in total. The van der Waals surface area contributed by atoms with Crippen molar-refractivity contribution < 1.29 is 1.37 Å². The van der Waals surface area contributed by atoms with Crippen molar-refractivity contribution in [2.45, 2.75) is 0 Å². The highest BCUT2D eigenvalue weighted by atomic mass is 32.1. The van der Waals surface area contributed by atoms with Crippen LogP contribution in [0.15, 0.2) is 115 Å². The van der Waals surface area contributed by atoms with Gasteiger partial charge >= 0.3 is 0 Å². The van der Waals surface area contributed by atoms with Gasteiger partial charge in [0.05, 0.1) is 15.1 Å². The van der Waals surface area contributed by atoms with Crippen molar-refractivity contribution in [3.05, 3.63) is 115 Å². The molecule has 0 aliphatic carbocycles. The zero-order valence-electron chi connectivity index (χ0n) is 19.7. The Morgan fingerprint density at radius 2 is 1.31 bits per heavy atom. The molecule has 164 valence electrons. The van der Waals surface area contributed by atoms with E-state index < -0.39 is 8.07 Å². The van der Waals surface area contributed by atoms with Gasteiger partial charge in [0.1, 0.15) is 0 Å². The van der Waals surface area contributed by atoms with Crippen LogP contribution in [-0.4, -0.2) is 0 Å². The first-order valence-electron chi connectivity index (χ1n) is 12.3. The summed E-state index contributed by atoms with van der Waals surface area (Å²) in [6, 6.07) is 39.5. The summed E-state index contributed by atoms with van der Waals surface area (Å²) in [5.41, 5.74) is 3.66. The van der Waals surface area contributed by atoms with Gasteiger partial charge in [0.25, 0.3) is 0 Å². The molecule has 0 spiro atoms. The van der Waals surface area contributed by atoms with E-state index in [1.807, 2.05) is 17.4 Å². The Morgan fingerprint density at radius 1 is 0.629 bits per heavy atom. The van der Waals surface area contributed by atoms with E-state index in [2.05, 4.69) is 108 Å². The molecule has 0 fully saturated rings. The van der Waals surface area contributed by atoms with Gasteiger partial charge in [-0.2, -0.15) is 0 Å². The molecule has 0 bridgehead atoms. The lowest BCUT2D eigenvalue weighted by atomic mass is 9.90. The average Bonchev–Trinajstić information content (AvgIpc) is 3.33. The Morgan fingerprint density at radius 3 is 2.17 bits per heavy atom. The van der Waals surface area contributed by atoms with E-state index in [4.69, 9.17) is 0 Å². The van der Waals surface area contributed by atoms with Gasteiger partial charge < -0.3 is 5.09 Å². The Labute approximate surface area is 209 Å². The third-order valence-electron chi connectivity index (χ3n) is 7.08. The van der Waals surface area contributed by atoms with Crippen LogP contribution in [0.5, 0.6) is 0 Å². The molecule has 1 aliphatic rings. The number of hydrogen-bond donors (Lipinski definition) is 1. The molecule has 1 atom stereocenters. The SMILES string of the molecule is [2H]c1cc2ccccc2c2c1P(c1ccccc1)Nc1c-2c2ccccc2c2sc3ccccc3c12. The normalized spacial score (nSPS) is 15.2. The molecule has 1 N–H and O–H groups in total. The molecule has 3 heteroatoms. The minimum absolute atomic E-state index is 0.608. The quantitative estimate of drug-likeness (QED) is 0.231. The Balaban J connectivity index is 1.64. The molecule has 0 amide bonds. The van der Waals surface area contributed by atoms with Crippen LogP contribution in [0.3, 0.4) is 0 Å². The first-order valence-corrected chi connectivity index (χ1v) is 14.0. The smallest absolute Gasteiger partial charge is 0.0631 e. The summed E-state index contributed by atoms with van der Waals surface area (Å²) in [5, 5.41) is 13.9. The summed E-state index contributed by atoms with van der Waals surface area (Å²) in [7, 11) is -0.961. The van der Waals surface area contributed by atoms with Crippen LogP contribution in [0.1, 0.15) is 1.37 Å². The summed E-state index contributed by atoms with van der Waals surface area (Å²) < 4.78 is 11.8. The van der Waals surface area contributed by atoms with Gasteiger partial charge in [-0.1, -0.05) is 109 Å². The van der Waals surface area contributed by atoms with Crippen molar-refractivity contribution in [3.8, 4) is 11.1 Å². The predicted octanol–water partition coefficient (Wildman–Crippen LogP) is 8.80. The highest BCUT2D eigenvalue weighted by molar-refractivity contribution is 7.74. The van der Waals surface area contributed by atoms with Gasteiger partial charge in [0.2, 0.25) is 0 Å². The second kappa shape index (κ2) is 7.39. The number of anilines is 1. The number of rotatable bonds is 1. The number of hydrogen-bond acceptors (Lipinski definition) is 2. The van der Waals surface area contributed by atoms with E-state index in [0.29, 0.717) is 6.04 Å². The molecule has 8 rings (SSSR count). The van der Waals surface area contributed by atoms with E-state index in [0.717, 1.165) is 10.7 Å². The highest BCUT2D eigenvalue weighted by Gasteiger charge is 2.31. The van der Waals surface area contributed by atoms with Gasteiger partial charge in [0.15, 0.2) is 0 Å². The van der Waals surface area contributed by atoms with Crippen LogP contribution < -0.4 is 15.7 Å². The van der Waals surface area contributed by atoms with Crippen LogP contribution in [0.4, 0.5) is 5.69 Å². The first-order chi connectivity index (χ1) is 17.8. The van der Waals surface area contributed by atoms with Crippen molar-refractivity contribution >= 4 is 77.4 Å². The summed E-state index contributed by atoms with van der Waals surface area (Å²) in [6.45, 7) is 0. The Kier molecular flexibility index (Phi) is 3.93. The zero-order chi connectivity index (χ0) is 23.8. The molecule has 6 aromatic carbocycles. The van der Waals surface area contributed by atoms with E-state index in [1.54, 1.807) is 0 Å². The van der Waals surface area contributed by atoms with Gasteiger partial charge in [-0.25, -0.2) is 0 Å². The largest absolute Gasteiger partial charge is 0.356 e. The number of thiophene rings is 1. The summed E-state index contributed by atoms with van der Waals surface area (Å²) >= 11 is 1.88. The monoisotopic (exact) mass is 482 g/mol. The minimum atomic E-state index is -0.961. The average molecular weight is 483 g/mol. The summed E-state index contributed by atoms with van der Waals surface area (Å²) in [4.78, 5) is 0. The maximum atomic E-state index is 9.20. The molecule has 35 heavy (non-hydrogen) atoms. The second-order valence-electron chi connectivity index (χ2n) is 8.98. The van der Waals surface area contributed by atoms with Crippen molar-refractivity contribution in [2.24, 2.45) is 0 Å². The fraction of sp³-hybridized carbons (Fsp3) is 0. The van der Waals surface area contributed by atoms with E-state index in [1.165, 1.54) is 58.4 Å². The topological polar surface area (TPSA) is 12.0 Å². The van der Waals surface area contributed by atoms with Crippen LogP contribution in [0.2, 0.25) is 0 Å². The lowest BCUT2D eigenvalue weighted by molar-refractivity contribution is 1.69. The van der Waals surface area contributed by atoms with Crippen molar-refractivity contribution in [1.82, 2.24) is 0 Å². The van der Waals surface area contributed by atoms with Gasteiger partial charge in [0, 0.05) is 47.3 Å². The van der Waals surface area contributed by atoms with Crippen molar-refractivity contribution in [1.29, 1.82) is 0 Å². The first kappa shape index (κ1) is 18.6. The van der Waals surface area contributed by atoms with Crippen LogP contribution in [0.25, 0.3) is 52.8 Å². The molecular formula is C32H20NPS. The molecular weight excluding hydrogens is 461 g/mol. The lowest BCUT2D eigenvalue weighted by Gasteiger charge is -2.32. The van der Waals surface area contributed by atoms with Crippen molar-refractivity contribution in [2.75, 3.05) is 5.09 Å². The minimum Gasteiger partial charge on any atom is -0.356 e.